The van der Waals surface area contributed by atoms with Gasteiger partial charge in [0.1, 0.15) is 0 Å². The number of hydrogen-bond acceptors (Lipinski definition) is 7. The predicted molar refractivity (Wildman–Crippen MR) is 94.7 cm³/mol. The molecule has 0 unspecified atom stereocenters. The highest BCUT2D eigenvalue weighted by molar-refractivity contribution is 5.82. The third-order valence-electron chi connectivity index (χ3n) is 4.65. The molecule has 1 N–H and O–H groups in total. The maximum absolute atomic E-state index is 12.6. The molecule has 0 radical (unpaired) electrons. The van der Waals surface area contributed by atoms with Crippen molar-refractivity contribution in [1.82, 2.24) is 35.7 Å². The van der Waals surface area contributed by atoms with Crippen LogP contribution in [0.4, 0.5) is 0 Å². The molecule has 4 rings (SSSR count). The Morgan fingerprint density at radius 1 is 1.26 bits per heavy atom. The number of benzene rings is 1. The molecule has 27 heavy (non-hydrogen) atoms. The lowest BCUT2D eigenvalue weighted by Gasteiger charge is -2.12. The molecule has 2 aromatic heterocycles. The lowest BCUT2D eigenvalue weighted by atomic mass is 10.0. The molecule has 9 heteroatoms. The van der Waals surface area contributed by atoms with Crippen molar-refractivity contribution >= 4 is 5.91 Å². The van der Waals surface area contributed by atoms with Gasteiger partial charge >= 0.3 is 0 Å². The second-order valence-corrected chi connectivity index (χ2v) is 6.62. The Labute approximate surface area is 156 Å². The van der Waals surface area contributed by atoms with E-state index < -0.39 is 0 Å². The van der Waals surface area contributed by atoms with Gasteiger partial charge in [-0.25, -0.2) is 4.68 Å². The Morgan fingerprint density at radius 2 is 2.15 bits per heavy atom. The number of fused-ring (bicyclic) bond motifs is 1. The molecular weight excluding hydrogens is 346 g/mol. The summed E-state index contributed by atoms with van der Waals surface area (Å²) in [5, 5.41) is 18.6. The standard InChI is InChI=1S/C18H21N7O2/c26-18(14-8-4-5-11-25-17(14)21-23-24-25)19-10-9-16-20-15(22-27-16)12-13-6-2-1-3-7-13/h1-3,6-7,14H,4-5,8-12H2,(H,19,26)/t14-/m1/s1. The van der Waals surface area contributed by atoms with Crippen LogP contribution in [0, 0.1) is 0 Å². The van der Waals surface area contributed by atoms with E-state index in [4.69, 9.17) is 4.52 Å². The third kappa shape index (κ3) is 4.18. The van der Waals surface area contributed by atoms with Crippen molar-refractivity contribution < 1.29 is 9.32 Å². The van der Waals surface area contributed by atoms with Crippen molar-refractivity contribution in [3.8, 4) is 0 Å². The topological polar surface area (TPSA) is 112 Å². The zero-order valence-corrected chi connectivity index (χ0v) is 14.9. The van der Waals surface area contributed by atoms with Gasteiger partial charge in [-0.1, -0.05) is 41.9 Å². The van der Waals surface area contributed by atoms with Gasteiger partial charge in [0.05, 0.1) is 5.92 Å². The Balaban J connectivity index is 1.29. The van der Waals surface area contributed by atoms with Crippen molar-refractivity contribution in [3.05, 3.63) is 53.4 Å². The third-order valence-corrected chi connectivity index (χ3v) is 4.65. The van der Waals surface area contributed by atoms with Gasteiger partial charge in [-0.15, -0.1) is 5.10 Å². The highest BCUT2D eigenvalue weighted by Gasteiger charge is 2.28. The van der Waals surface area contributed by atoms with Crippen LogP contribution in [0.2, 0.25) is 0 Å². The first-order chi connectivity index (χ1) is 13.3. The Hall–Kier alpha value is -3.10. The Morgan fingerprint density at radius 3 is 3.04 bits per heavy atom. The summed E-state index contributed by atoms with van der Waals surface area (Å²) in [6, 6.07) is 9.99. The van der Waals surface area contributed by atoms with E-state index in [9.17, 15) is 4.79 Å². The van der Waals surface area contributed by atoms with Gasteiger partial charge in [0.2, 0.25) is 11.8 Å². The molecule has 1 aliphatic rings. The van der Waals surface area contributed by atoms with Crippen LogP contribution >= 0.6 is 0 Å². The van der Waals surface area contributed by atoms with Gasteiger partial charge in [0, 0.05) is 25.9 Å². The van der Waals surface area contributed by atoms with Crippen LogP contribution in [-0.4, -0.2) is 42.8 Å². The minimum absolute atomic E-state index is 0.0584. The normalized spacial score (nSPS) is 16.5. The van der Waals surface area contributed by atoms with E-state index in [2.05, 4.69) is 31.0 Å². The number of carbonyl (C=O) groups excluding carboxylic acids is 1. The van der Waals surface area contributed by atoms with Crippen molar-refractivity contribution in [2.24, 2.45) is 0 Å². The lowest BCUT2D eigenvalue weighted by molar-refractivity contribution is -0.122. The van der Waals surface area contributed by atoms with Crippen molar-refractivity contribution in [2.45, 2.75) is 44.6 Å². The largest absolute Gasteiger partial charge is 0.355 e. The highest BCUT2D eigenvalue weighted by Crippen LogP contribution is 2.23. The summed E-state index contributed by atoms with van der Waals surface area (Å²) in [5.41, 5.74) is 1.13. The number of aryl methyl sites for hydroxylation is 1. The molecule has 0 spiro atoms. The van der Waals surface area contributed by atoms with Gasteiger partial charge in [-0.3, -0.25) is 4.79 Å². The summed E-state index contributed by atoms with van der Waals surface area (Å²) in [7, 11) is 0. The van der Waals surface area contributed by atoms with Crippen LogP contribution < -0.4 is 5.32 Å². The summed E-state index contributed by atoms with van der Waals surface area (Å²) in [6.07, 6.45) is 3.82. The quantitative estimate of drug-likeness (QED) is 0.698. The number of nitrogens with one attached hydrogen (secondary N) is 1. The highest BCUT2D eigenvalue weighted by atomic mass is 16.5. The first-order valence-electron chi connectivity index (χ1n) is 9.19. The molecule has 0 saturated heterocycles. The molecule has 9 nitrogen and oxygen atoms in total. The monoisotopic (exact) mass is 367 g/mol. The SMILES string of the molecule is O=C(NCCc1nc(Cc2ccccc2)no1)[C@@H]1CCCCn2nnnc21. The van der Waals surface area contributed by atoms with Crippen LogP contribution in [0.5, 0.6) is 0 Å². The van der Waals surface area contributed by atoms with Crippen LogP contribution in [0.1, 0.15) is 48.3 Å². The summed E-state index contributed by atoms with van der Waals surface area (Å²) in [4.78, 5) is 17.0. The smallest absolute Gasteiger partial charge is 0.230 e. The van der Waals surface area contributed by atoms with Crippen molar-refractivity contribution in [1.29, 1.82) is 0 Å². The van der Waals surface area contributed by atoms with Crippen LogP contribution in [0.15, 0.2) is 34.9 Å². The summed E-state index contributed by atoms with van der Waals surface area (Å²) < 4.78 is 7.01. The molecule has 1 aliphatic heterocycles. The Kier molecular flexibility index (Phi) is 5.17. The van der Waals surface area contributed by atoms with Gasteiger partial charge in [-0.05, 0) is 28.8 Å². The molecule has 1 atom stereocenters. The second kappa shape index (κ2) is 8.07. The summed E-state index contributed by atoms with van der Waals surface area (Å²) in [5.74, 6) is 1.45. The molecule has 1 amide bonds. The summed E-state index contributed by atoms with van der Waals surface area (Å²) >= 11 is 0. The number of tetrazole rings is 1. The minimum atomic E-state index is -0.307. The van der Waals surface area contributed by atoms with Gasteiger partial charge in [0.25, 0.3) is 0 Å². The first kappa shape index (κ1) is 17.3. The molecule has 0 fully saturated rings. The van der Waals surface area contributed by atoms with Crippen LogP contribution in [0.3, 0.4) is 0 Å². The number of aromatic nitrogens is 6. The van der Waals surface area contributed by atoms with Crippen LogP contribution in [0.25, 0.3) is 0 Å². The fourth-order valence-electron chi connectivity index (χ4n) is 3.27. The number of rotatable bonds is 6. The van der Waals surface area contributed by atoms with Gasteiger partial charge < -0.3 is 9.84 Å². The molecule has 0 bridgehead atoms. The maximum Gasteiger partial charge on any atom is 0.230 e. The first-order valence-corrected chi connectivity index (χ1v) is 9.19. The number of amides is 1. The molecule has 140 valence electrons. The summed E-state index contributed by atoms with van der Waals surface area (Å²) in [6.45, 7) is 1.20. The van der Waals surface area contributed by atoms with E-state index >= 15 is 0 Å². The van der Waals surface area contributed by atoms with E-state index in [1.54, 1.807) is 4.68 Å². The van der Waals surface area contributed by atoms with Crippen molar-refractivity contribution in [2.75, 3.05) is 6.54 Å². The van der Waals surface area contributed by atoms with E-state index in [1.165, 1.54) is 0 Å². The van der Waals surface area contributed by atoms with E-state index in [-0.39, 0.29) is 11.8 Å². The zero-order valence-electron chi connectivity index (χ0n) is 14.9. The number of nitrogens with zero attached hydrogens (tertiary/aromatic N) is 6. The Bertz CT molecular complexity index is 890. The van der Waals surface area contributed by atoms with E-state index in [0.29, 0.717) is 36.9 Å². The molecule has 3 aromatic rings. The average molecular weight is 367 g/mol. The van der Waals surface area contributed by atoms with Crippen molar-refractivity contribution in [3.63, 3.8) is 0 Å². The molecule has 0 aliphatic carbocycles. The molecule has 1 aromatic carbocycles. The average Bonchev–Trinajstić information content (AvgIpc) is 3.28. The van der Waals surface area contributed by atoms with E-state index in [1.807, 2.05) is 30.3 Å². The number of carbonyl (C=O) groups is 1. The second-order valence-electron chi connectivity index (χ2n) is 6.62. The fourth-order valence-corrected chi connectivity index (χ4v) is 3.27. The fraction of sp³-hybridized carbons (Fsp3) is 0.444. The van der Waals surface area contributed by atoms with Crippen LogP contribution in [-0.2, 0) is 24.2 Å². The molecular formula is C18H21N7O2. The molecule has 0 saturated carbocycles. The number of hydrogen-bond donors (Lipinski definition) is 1. The van der Waals surface area contributed by atoms with Gasteiger partial charge in [0.15, 0.2) is 11.6 Å². The zero-order chi connectivity index (χ0) is 18.5. The predicted octanol–water partition coefficient (Wildman–Crippen LogP) is 1.27. The lowest BCUT2D eigenvalue weighted by Crippen LogP contribution is -2.32. The minimum Gasteiger partial charge on any atom is -0.355 e. The maximum atomic E-state index is 12.6. The van der Waals surface area contributed by atoms with E-state index in [0.717, 1.165) is 31.4 Å². The van der Waals surface area contributed by atoms with Gasteiger partial charge in [-0.2, -0.15) is 4.98 Å². The molecule has 3 heterocycles.